The summed E-state index contributed by atoms with van der Waals surface area (Å²) in [6.45, 7) is 6.05. The molecule has 0 heterocycles. The first kappa shape index (κ1) is 17.0. The second kappa shape index (κ2) is 8.29. The van der Waals surface area contributed by atoms with Gasteiger partial charge in [-0.25, -0.2) is 0 Å². The van der Waals surface area contributed by atoms with Crippen molar-refractivity contribution in [3.8, 4) is 5.75 Å². The fourth-order valence-corrected chi connectivity index (χ4v) is 1.71. The van der Waals surface area contributed by atoms with E-state index in [-0.39, 0.29) is 19.1 Å². The number of esters is 1. The van der Waals surface area contributed by atoms with E-state index in [1.54, 1.807) is 14.0 Å². The summed E-state index contributed by atoms with van der Waals surface area (Å²) in [5.41, 5.74) is 1.15. The molecule has 0 aliphatic carbocycles. The lowest BCUT2D eigenvalue weighted by molar-refractivity contribution is -0.148. The minimum atomic E-state index is -0.421. The van der Waals surface area contributed by atoms with Gasteiger partial charge in [-0.3, -0.25) is 9.59 Å². The summed E-state index contributed by atoms with van der Waals surface area (Å²) in [4.78, 5) is 24.5. The maximum absolute atomic E-state index is 11.9. The number of hydrogen-bond donors (Lipinski definition) is 0. The van der Waals surface area contributed by atoms with Gasteiger partial charge in [0.05, 0.1) is 6.61 Å². The van der Waals surface area contributed by atoms with Crippen LogP contribution in [0.2, 0.25) is 0 Å². The second-order valence-corrected chi connectivity index (χ2v) is 5.07. The molecule has 21 heavy (non-hydrogen) atoms. The van der Waals surface area contributed by atoms with Gasteiger partial charge in [-0.1, -0.05) is 26.0 Å². The van der Waals surface area contributed by atoms with Gasteiger partial charge in [0.1, 0.15) is 12.3 Å². The van der Waals surface area contributed by atoms with Crippen LogP contribution in [0.3, 0.4) is 0 Å². The molecule has 1 aromatic rings. The van der Waals surface area contributed by atoms with Crippen LogP contribution in [0.4, 0.5) is 0 Å². The zero-order valence-electron chi connectivity index (χ0n) is 13.1. The lowest BCUT2D eigenvalue weighted by atomic mass is 10.0. The number of likely N-dealkylation sites (N-methyl/N-ethyl adjacent to an activating group) is 1. The van der Waals surface area contributed by atoms with E-state index in [2.05, 4.69) is 13.8 Å². The SMILES string of the molecule is CCOC(=O)CN(C)C(=O)COc1cccc(C(C)C)c1. The fourth-order valence-electron chi connectivity index (χ4n) is 1.71. The van der Waals surface area contributed by atoms with Gasteiger partial charge in [-0.2, -0.15) is 0 Å². The van der Waals surface area contributed by atoms with E-state index in [1.807, 2.05) is 24.3 Å². The number of benzene rings is 1. The monoisotopic (exact) mass is 293 g/mol. The highest BCUT2D eigenvalue weighted by atomic mass is 16.5. The molecule has 0 bridgehead atoms. The average molecular weight is 293 g/mol. The average Bonchev–Trinajstić information content (AvgIpc) is 2.45. The predicted octanol–water partition coefficient (Wildman–Crippen LogP) is 2.21. The first-order chi connectivity index (χ1) is 9.93. The van der Waals surface area contributed by atoms with E-state index in [1.165, 1.54) is 4.90 Å². The molecule has 116 valence electrons. The minimum Gasteiger partial charge on any atom is -0.484 e. The molecule has 0 spiro atoms. The summed E-state index contributed by atoms with van der Waals surface area (Å²) in [5, 5.41) is 0. The molecule has 0 aromatic heterocycles. The molecule has 1 rings (SSSR count). The quantitative estimate of drug-likeness (QED) is 0.723. The molecule has 0 unspecified atom stereocenters. The Bertz CT molecular complexity index is 485. The summed E-state index contributed by atoms with van der Waals surface area (Å²) in [5.74, 6) is 0.364. The van der Waals surface area contributed by atoms with Crippen molar-refractivity contribution in [1.82, 2.24) is 4.90 Å². The minimum absolute atomic E-state index is 0.0674. The van der Waals surface area contributed by atoms with Gasteiger partial charge in [0, 0.05) is 7.05 Å². The van der Waals surface area contributed by atoms with Gasteiger partial charge in [0.15, 0.2) is 6.61 Å². The maximum atomic E-state index is 11.9. The molecule has 1 amide bonds. The Balaban J connectivity index is 2.49. The first-order valence-electron chi connectivity index (χ1n) is 7.06. The Labute approximate surface area is 125 Å². The molecule has 0 saturated heterocycles. The molecular weight excluding hydrogens is 270 g/mol. The van der Waals surface area contributed by atoms with Gasteiger partial charge in [-0.05, 0) is 30.5 Å². The smallest absolute Gasteiger partial charge is 0.325 e. The van der Waals surface area contributed by atoms with Crippen LogP contribution in [0.15, 0.2) is 24.3 Å². The number of amides is 1. The number of carbonyl (C=O) groups is 2. The number of carbonyl (C=O) groups excluding carboxylic acids is 2. The van der Waals surface area contributed by atoms with Gasteiger partial charge in [0.2, 0.25) is 0 Å². The van der Waals surface area contributed by atoms with E-state index in [0.29, 0.717) is 18.3 Å². The van der Waals surface area contributed by atoms with Gasteiger partial charge < -0.3 is 14.4 Å². The van der Waals surface area contributed by atoms with Crippen LogP contribution in [0.5, 0.6) is 5.75 Å². The van der Waals surface area contributed by atoms with Crippen molar-refractivity contribution in [2.24, 2.45) is 0 Å². The predicted molar refractivity (Wildman–Crippen MR) is 80.3 cm³/mol. The van der Waals surface area contributed by atoms with Crippen molar-refractivity contribution < 1.29 is 19.1 Å². The Kier molecular flexibility index (Phi) is 6.72. The van der Waals surface area contributed by atoms with Crippen molar-refractivity contribution in [3.05, 3.63) is 29.8 Å². The molecule has 0 aliphatic heterocycles. The van der Waals surface area contributed by atoms with Crippen molar-refractivity contribution in [2.75, 3.05) is 26.8 Å². The van der Waals surface area contributed by atoms with Crippen LogP contribution in [0.25, 0.3) is 0 Å². The van der Waals surface area contributed by atoms with Crippen molar-refractivity contribution in [3.63, 3.8) is 0 Å². The fraction of sp³-hybridized carbons (Fsp3) is 0.500. The summed E-state index contributed by atoms with van der Waals surface area (Å²) in [6, 6.07) is 7.65. The molecular formula is C16H23NO4. The molecule has 5 heteroatoms. The molecule has 1 aromatic carbocycles. The lowest BCUT2D eigenvalue weighted by Gasteiger charge is -2.16. The van der Waals surface area contributed by atoms with E-state index >= 15 is 0 Å². The van der Waals surface area contributed by atoms with Crippen LogP contribution in [-0.4, -0.2) is 43.6 Å². The third kappa shape index (κ3) is 5.85. The van der Waals surface area contributed by atoms with Crippen LogP contribution in [0, 0.1) is 0 Å². The molecule has 0 aliphatic rings. The highest BCUT2D eigenvalue weighted by Gasteiger charge is 2.14. The van der Waals surface area contributed by atoms with Crippen LogP contribution in [-0.2, 0) is 14.3 Å². The third-order valence-electron chi connectivity index (χ3n) is 2.98. The van der Waals surface area contributed by atoms with E-state index in [9.17, 15) is 9.59 Å². The van der Waals surface area contributed by atoms with Crippen molar-refractivity contribution >= 4 is 11.9 Å². The molecule has 0 N–H and O–H groups in total. The van der Waals surface area contributed by atoms with Gasteiger partial charge in [-0.15, -0.1) is 0 Å². The lowest BCUT2D eigenvalue weighted by Crippen LogP contribution is -2.36. The number of hydrogen-bond acceptors (Lipinski definition) is 4. The van der Waals surface area contributed by atoms with Gasteiger partial charge in [0.25, 0.3) is 5.91 Å². The normalized spacial score (nSPS) is 10.3. The molecule has 0 saturated carbocycles. The zero-order valence-corrected chi connectivity index (χ0v) is 13.1. The Morgan fingerprint density at radius 1 is 1.29 bits per heavy atom. The van der Waals surface area contributed by atoms with Crippen LogP contribution < -0.4 is 4.74 Å². The first-order valence-corrected chi connectivity index (χ1v) is 7.06. The Morgan fingerprint density at radius 2 is 2.00 bits per heavy atom. The summed E-state index contributed by atoms with van der Waals surface area (Å²) in [7, 11) is 1.55. The largest absolute Gasteiger partial charge is 0.484 e. The molecule has 0 fully saturated rings. The van der Waals surface area contributed by atoms with Gasteiger partial charge >= 0.3 is 5.97 Å². The van der Waals surface area contributed by atoms with Crippen LogP contribution >= 0.6 is 0 Å². The summed E-state index contributed by atoms with van der Waals surface area (Å²) in [6.07, 6.45) is 0. The zero-order chi connectivity index (χ0) is 15.8. The summed E-state index contributed by atoms with van der Waals surface area (Å²) >= 11 is 0. The Morgan fingerprint density at radius 3 is 2.62 bits per heavy atom. The van der Waals surface area contributed by atoms with Crippen molar-refractivity contribution in [2.45, 2.75) is 26.7 Å². The third-order valence-corrected chi connectivity index (χ3v) is 2.98. The molecule has 0 atom stereocenters. The van der Waals surface area contributed by atoms with E-state index in [4.69, 9.17) is 9.47 Å². The molecule has 5 nitrogen and oxygen atoms in total. The van der Waals surface area contributed by atoms with Crippen molar-refractivity contribution in [1.29, 1.82) is 0 Å². The standard InChI is InChI=1S/C16H23NO4/c1-5-20-16(19)10-17(4)15(18)11-21-14-8-6-7-13(9-14)12(2)3/h6-9,12H,5,10-11H2,1-4H3. The van der Waals surface area contributed by atoms with Crippen LogP contribution in [0.1, 0.15) is 32.3 Å². The topological polar surface area (TPSA) is 55.8 Å². The number of rotatable bonds is 7. The van der Waals surface area contributed by atoms with E-state index < -0.39 is 5.97 Å². The second-order valence-electron chi connectivity index (χ2n) is 5.07. The summed E-state index contributed by atoms with van der Waals surface area (Å²) < 4.78 is 10.3. The number of nitrogens with zero attached hydrogens (tertiary/aromatic N) is 1. The molecule has 0 radical (unpaired) electrons. The Hall–Kier alpha value is -2.04. The maximum Gasteiger partial charge on any atom is 0.325 e. The number of ether oxygens (including phenoxy) is 2. The highest BCUT2D eigenvalue weighted by molar-refractivity contribution is 5.82. The van der Waals surface area contributed by atoms with E-state index in [0.717, 1.165) is 5.56 Å². The highest BCUT2D eigenvalue weighted by Crippen LogP contribution is 2.20.